The van der Waals surface area contributed by atoms with E-state index < -0.39 is 6.17 Å². The van der Waals surface area contributed by atoms with Crippen molar-refractivity contribution in [2.75, 3.05) is 44.9 Å². The number of hydrogen-bond acceptors (Lipinski definition) is 8. The molecule has 0 aliphatic carbocycles. The summed E-state index contributed by atoms with van der Waals surface area (Å²) in [4.78, 5) is 13.7. The highest BCUT2D eigenvalue weighted by Crippen LogP contribution is 2.37. The number of halogens is 1. The van der Waals surface area contributed by atoms with E-state index in [2.05, 4.69) is 43.9 Å². The molecule has 6 heterocycles. The van der Waals surface area contributed by atoms with Crippen LogP contribution in [-0.4, -0.2) is 89.2 Å². The first-order valence-electron chi connectivity index (χ1n) is 13.4. The molecule has 3 aromatic rings. The van der Waals surface area contributed by atoms with E-state index in [9.17, 15) is 0 Å². The summed E-state index contributed by atoms with van der Waals surface area (Å²) in [5, 5.41) is 5.68. The largest absolute Gasteiger partial charge is 0.467 e. The normalized spacial score (nSPS) is 30.0. The molecule has 7 rings (SSSR count). The van der Waals surface area contributed by atoms with Gasteiger partial charge in [-0.2, -0.15) is 15.1 Å². The topological polar surface area (TPSA) is 77.8 Å². The third-order valence-corrected chi connectivity index (χ3v) is 8.51. The Morgan fingerprint density at radius 2 is 1.97 bits per heavy atom. The molecule has 5 unspecified atom stereocenters. The molecule has 37 heavy (non-hydrogen) atoms. The van der Waals surface area contributed by atoms with Gasteiger partial charge in [-0.05, 0) is 55.9 Å². The number of methoxy groups -OCH3 is 1. The molecule has 4 fully saturated rings. The van der Waals surface area contributed by atoms with Crippen molar-refractivity contribution in [1.82, 2.24) is 24.6 Å². The van der Waals surface area contributed by atoms with E-state index in [1.165, 1.54) is 0 Å². The van der Waals surface area contributed by atoms with E-state index in [1.54, 1.807) is 7.11 Å². The Morgan fingerprint density at radius 1 is 1.08 bits per heavy atom. The van der Waals surface area contributed by atoms with Crippen molar-refractivity contribution in [1.29, 1.82) is 0 Å². The molecule has 4 saturated heterocycles. The zero-order chi connectivity index (χ0) is 25.1. The van der Waals surface area contributed by atoms with Gasteiger partial charge in [-0.1, -0.05) is 0 Å². The summed E-state index contributed by atoms with van der Waals surface area (Å²) in [5.41, 5.74) is 3.05. The first-order chi connectivity index (χ1) is 18.1. The van der Waals surface area contributed by atoms with Gasteiger partial charge in [0.1, 0.15) is 18.2 Å². The Labute approximate surface area is 215 Å². The smallest absolute Gasteiger partial charge is 0.320 e. The number of likely N-dealkylation sites (tertiary alicyclic amines) is 1. The number of nitrogens with zero attached hydrogens (tertiary/aromatic N) is 6. The van der Waals surface area contributed by atoms with Crippen LogP contribution in [0.15, 0.2) is 24.4 Å². The second-order valence-electron chi connectivity index (χ2n) is 10.8. The maximum absolute atomic E-state index is 15.6. The molecule has 2 bridgehead atoms. The van der Waals surface area contributed by atoms with Gasteiger partial charge < -0.3 is 19.1 Å². The second-order valence-corrected chi connectivity index (χ2v) is 10.8. The van der Waals surface area contributed by atoms with Crippen molar-refractivity contribution < 1.29 is 18.6 Å². The number of rotatable bonds is 5. The van der Waals surface area contributed by atoms with Crippen LogP contribution in [0.2, 0.25) is 0 Å². The number of aryl methyl sites for hydroxylation is 1. The summed E-state index contributed by atoms with van der Waals surface area (Å²) in [6, 6.07) is 6.81. The lowest BCUT2D eigenvalue weighted by Crippen LogP contribution is -2.46. The average Bonchev–Trinajstić information content (AvgIpc) is 3.73. The van der Waals surface area contributed by atoms with Gasteiger partial charge in [0.15, 0.2) is 5.82 Å². The zero-order valence-electron chi connectivity index (χ0n) is 21.3. The van der Waals surface area contributed by atoms with Gasteiger partial charge in [-0.15, -0.1) is 0 Å². The molecule has 196 valence electrons. The van der Waals surface area contributed by atoms with Crippen LogP contribution < -0.4 is 9.64 Å². The van der Waals surface area contributed by atoms with E-state index in [0.717, 1.165) is 79.8 Å². The molecule has 0 radical (unpaired) electrons. The van der Waals surface area contributed by atoms with Crippen LogP contribution in [0.3, 0.4) is 0 Å². The van der Waals surface area contributed by atoms with Gasteiger partial charge in [0, 0.05) is 43.6 Å². The zero-order valence-corrected chi connectivity index (χ0v) is 21.3. The number of hydrogen-bond donors (Lipinski definition) is 0. The summed E-state index contributed by atoms with van der Waals surface area (Å²) in [6.45, 7) is 5.65. The third kappa shape index (κ3) is 4.06. The highest BCUT2D eigenvalue weighted by molar-refractivity contribution is 5.82. The molecule has 0 N–H and O–H groups in total. The number of piperidine rings is 1. The minimum atomic E-state index is -0.941. The summed E-state index contributed by atoms with van der Waals surface area (Å²) >= 11 is 0. The highest BCUT2D eigenvalue weighted by atomic mass is 19.1. The molecule has 0 saturated carbocycles. The molecule has 10 heteroatoms. The van der Waals surface area contributed by atoms with Crippen molar-refractivity contribution in [2.45, 2.75) is 63.1 Å². The van der Waals surface area contributed by atoms with Gasteiger partial charge in [-0.25, -0.2) is 9.07 Å². The summed E-state index contributed by atoms with van der Waals surface area (Å²) in [6.07, 6.45) is 5.08. The third-order valence-electron chi connectivity index (χ3n) is 8.51. The lowest BCUT2D eigenvalue weighted by atomic mass is 9.85. The van der Waals surface area contributed by atoms with Gasteiger partial charge in [0.2, 0.25) is 0 Å². The molecular weight excluding hydrogens is 475 g/mol. The summed E-state index contributed by atoms with van der Waals surface area (Å²) in [7, 11) is 1.58. The standard InChI is InChI=1S/C27H33FN6O3/c1-16-8-17-12-29-34(25-11-24(30-27(31-25)35-2)33-13-19-9-18(33)15-37-19)23(17)10-21(16)20-5-6-32(14-22(20)28)26-4-3-7-36-26/h8,10-12,18-20,22,26H,3-7,9,13-15H2,1-2H3. The van der Waals surface area contributed by atoms with Crippen molar-refractivity contribution in [3.63, 3.8) is 0 Å². The molecular formula is C27H33FN6O3. The fraction of sp³-hybridized carbons (Fsp3) is 0.593. The van der Waals surface area contributed by atoms with Gasteiger partial charge in [-0.3, -0.25) is 4.90 Å². The monoisotopic (exact) mass is 508 g/mol. The van der Waals surface area contributed by atoms with Gasteiger partial charge >= 0.3 is 6.01 Å². The van der Waals surface area contributed by atoms with Crippen molar-refractivity contribution in [2.24, 2.45) is 0 Å². The average molecular weight is 509 g/mol. The Balaban J connectivity index is 1.22. The number of anilines is 1. The molecule has 1 aromatic carbocycles. The number of aromatic nitrogens is 4. The number of ether oxygens (including phenoxy) is 3. The fourth-order valence-corrected chi connectivity index (χ4v) is 6.60. The maximum Gasteiger partial charge on any atom is 0.320 e. The van der Waals surface area contributed by atoms with Crippen LogP contribution in [0, 0.1) is 6.92 Å². The summed E-state index contributed by atoms with van der Waals surface area (Å²) < 4.78 is 34.5. The van der Waals surface area contributed by atoms with E-state index >= 15 is 4.39 Å². The van der Waals surface area contributed by atoms with E-state index in [1.807, 2.05) is 16.9 Å². The van der Waals surface area contributed by atoms with Crippen molar-refractivity contribution in [3.05, 3.63) is 35.5 Å². The quantitative estimate of drug-likeness (QED) is 0.519. The summed E-state index contributed by atoms with van der Waals surface area (Å²) in [5.74, 6) is 1.31. The van der Waals surface area contributed by atoms with Crippen LogP contribution in [-0.2, 0) is 9.47 Å². The minimum Gasteiger partial charge on any atom is -0.467 e. The van der Waals surface area contributed by atoms with Crippen molar-refractivity contribution >= 4 is 16.7 Å². The first kappa shape index (κ1) is 23.3. The Kier molecular flexibility index (Phi) is 5.78. The second kappa shape index (κ2) is 9.18. The van der Waals surface area contributed by atoms with Crippen LogP contribution in [0.25, 0.3) is 16.7 Å². The first-order valence-corrected chi connectivity index (χ1v) is 13.4. The molecule has 9 nitrogen and oxygen atoms in total. The molecule has 4 aliphatic rings. The molecule has 2 aromatic heterocycles. The molecule has 0 spiro atoms. The Bertz CT molecular complexity index is 1310. The number of benzene rings is 1. The SMILES string of the molecule is COc1nc(N2CC3CC2CO3)cc(-n2ncc3cc(C)c(C4CCN(C5CCCO5)CC4F)cc32)n1. The number of alkyl halides is 1. The van der Waals surface area contributed by atoms with Crippen LogP contribution in [0.5, 0.6) is 6.01 Å². The van der Waals surface area contributed by atoms with E-state index in [-0.39, 0.29) is 18.2 Å². The minimum absolute atomic E-state index is 0.0727. The molecule has 0 amide bonds. The van der Waals surface area contributed by atoms with Crippen LogP contribution >= 0.6 is 0 Å². The van der Waals surface area contributed by atoms with Gasteiger partial charge in [0.25, 0.3) is 0 Å². The number of morpholine rings is 1. The lowest BCUT2D eigenvalue weighted by molar-refractivity contribution is -0.0484. The predicted molar refractivity (Wildman–Crippen MR) is 136 cm³/mol. The van der Waals surface area contributed by atoms with E-state index in [0.29, 0.717) is 24.4 Å². The molecule has 4 aliphatic heterocycles. The fourth-order valence-electron chi connectivity index (χ4n) is 6.60. The lowest BCUT2D eigenvalue weighted by Gasteiger charge is -2.38. The highest BCUT2D eigenvalue weighted by Gasteiger charge is 2.40. The molecule has 5 atom stereocenters. The van der Waals surface area contributed by atoms with E-state index in [4.69, 9.17) is 14.2 Å². The van der Waals surface area contributed by atoms with Crippen LogP contribution in [0.4, 0.5) is 10.2 Å². The Morgan fingerprint density at radius 3 is 2.70 bits per heavy atom. The maximum atomic E-state index is 15.6. The number of fused-ring (bicyclic) bond motifs is 3. The predicted octanol–water partition coefficient (Wildman–Crippen LogP) is 3.37. The van der Waals surface area contributed by atoms with Crippen molar-refractivity contribution in [3.8, 4) is 11.8 Å². The van der Waals surface area contributed by atoms with Gasteiger partial charge in [0.05, 0.1) is 37.6 Å². The van der Waals surface area contributed by atoms with Crippen LogP contribution in [0.1, 0.15) is 42.7 Å². The Hall–Kier alpha value is -2.82.